The Hall–Kier alpha value is 0.1000. The summed E-state index contributed by atoms with van der Waals surface area (Å²) in [5.74, 6) is 1.62. The molecule has 1 rings (SSSR count). The summed E-state index contributed by atoms with van der Waals surface area (Å²) in [5.41, 5.74) is 0. The molecule has 0 aliphatic carbocycles. The number of halogens is 4. The summed E-state index contributed by atoms with van der Waals surface area (Å²) in [4.78, 5) is 5.49. The normalized spacial score (nSPS) is 20.6. The predicted octanol–water partition coefficient (Wildman–Crippen LogP) is 1.77. The maximum absolute atomic E-state index is 12.3. The molecule has 0 aromatic rings. The fraction of sp³-hybridized carbons (Fsp3) is 0.909. The van der Waals surface area contributed by atoms with Crippen LogP contribution in [0.4, 0.5) is 13.2 Å². The lowest BCUT2D eigenvalue weighted by Crippen LogP contribution is -2.45. The van der Waals surface area contributed by atoms with Crippen LogP contribution in [-0.2, 0) is 0 Å². The van der Waals surface area contributed by atoms with Gasteiger partial charge in [0.2, 0.25) is 0 Å². The van der Waals surface area contributed by atoms with Crippen molar-refractivity contribution in [1.82, 2.24) is 15.5 Å². The highest BCUT2D eigenvalue weighted by molar-refractivity contribution is 14.0. The maximum atomic E-state index is 12.3. The van der Waals surface area contributed by atoms with E-state index in [2.05, 4.69) is 15.6 Å². The molecular weight excluding hydrogens is 404 g/mol. The second kappa shape index (κ2) is 9.93. The molecule has 1 saturated heterocycles. The standard InChI is InChI=1S/C11H21F3N4S.HI/c1-15-10(16-4-6-19-2)17-9-3-5-18(7-9)8-11(12,13)14;/h9H,3-8H2,1-2H3,(H2,15,16,17);1H. The maximum Gasteiger partial charge on any atom is 0.401 e. The molecule has 1 fully saturated rings. The summed E-state index contributed by atoms with van der Waals surface area (Å²) in [6.07, 6.45) is -1.39. The summed E-state index contributed by atoms with van der Waals surface area (Å²) < 4.78 is 36.8. The molecule has 0 radical (unpaired) electrons. The molecular formula is C11H22F3IN4S. The highest BCUT2D eigenvalue weighted by atomic mass is 127. The number of rotatable bonds is 5. The van der Waals surface area contributed by atoms with E-state index < -0.39 is 12.7 Å². The second-order valence-electron chi connectivity index (χ2n) is 4.47. The smallest absolute Gasteiger partial charge is 0.356 e. The van der Waals surface area contributed by atoms with E-state index in [0.29, 0.717) is 25.5 Å². The number of alkyl halides is 3. The minimum atomic E-state index is -4.12. The average Bonchev–Trinajstić information content (AvgIpc) is 2.73. The molecule has 0 aromatic carbocycles. The van der Waals surface area contributed by atoms with Gasteiger partial charge in [0.15, 0.2) is 5.96 Å². The molecule has 9 heteroatoms. The Bertz CT molecular complexity index is 302. The first-order valence-corrected chi connectivity index (χ1v) is 7.59. The minimum Gasteiger partial charge on any atom is -0.356 e. The van der Waals surface area contributed by atoms with Crippen molar-refractivity contribution in [3.63, 3.8) is 0 Å². The fourth-order valence-corrected chi connectivity index (χ4v) is 2.31. The number of likely N-dealkylation sites (tertiary alicyclic amines) is 1. The quantitative estimate of drug-likeness (QED) is 0.304. The van der Waals surface area contributed by atoms with Gasteiger partial charge in [-0.05, 0) is 12.7 Å². The second-order valence-corrected chi connectivity index (χ2v) is 5.46. The van der Waals surface area contributed by atoms with Gasteiger partial charge < -0.3 is 10.6 Å². The average molecular weight is 426 g/mol. The van der Waals surface area contributed by atoms with Gasteiger partial charge in [-0.1, -0.05) is 0 Å². The van der Waals surface area contributed by atoms with Crippen LogP contribution < -0.4 is 10.6 Å². The number of aliphatic imine (C=N–C) groups is 1. The zero-order valence-corrected chi connectivity index (χ0v) is 14.8. The Balaban J connectivity index is 0.00000361. The molecule has 1 aliphatic heterocycles. The lowest BCUT2D eigenvalue weighted by molar-refractivity contribution is -0.143. The molecule has 2 N–H and O–H groups in total. The van der Waals surface area contributed by atoms with Gasteiger partial charge in [-0.15, -0.1) is 24.0 Å². The van der Waals surface area contributed by atoms with Crippen LogP contribution >= 0.6 is 35.7 Å². The van der Waals surface area contributed by atoms with Crippen molar-refractivity contribution in [2.45, 2.75) is 18.6 Å². The van der Waals surface area contributed by atoms with Gasteiger partial charge in [-0.3, -0.25) is 9.89 Å². The van der Waals surface area contributed by atoms with E-state index in [-0.39, 0.29) is 30.0 Å². The Kier molecular flexibility index (Phi) is 9.98. The summed E-state index contributed by atoms with van der Waals surface area (Å²) in [6, 6.07) is 0.0304. The molecule has 0 saturated carbocycles. The summed E-state index contributed by atoms with van der Waals surface area (Å²) >= 11 is 1.73. The Labute approximate surface area is 139 Å². The van der Waals surface area contributed by atoms with E-state index >= 15 is 0 Å². The molecule has 0 amide bonds. The molecule has 120 valence electrons. The van der Waals surface area contributed by atoms with Gasteiger partial charge in [0.05, 0.1) is 6.54 Å². The van der Waals surface area contributed by atoms with Crippen molar-refractivity contribution in [2.24, 2.45) is 4.99 Å². The third kappa shape index (κ3) is 8.40. The van der Waals surface area contributed by atoms with Crippen LogP contribution in [0.2, 0.25) is 0 Å². The first kappa shape index (κ1) is 20.1. The van der Waals surface area contributed by atoms with Crippen molar-refractivity contribution in [3.05, 3.63) is 0 Å². The fourth-order valence-electron chi connectivity index (χ4n) is 2.01. The molecule has 0 aromatic heterocycles. The molecule has 1 heterocycles. The number of hydrogen-bond acceptors (Lipinski definition) is 3. The monoisotopic (exact) mass is 426 g/mol. The topological polar surface area (TPSA) is 39.7 Å². The molecule has 1 aliphatic rings. The molecule has 4 nitrogen and oxygen atoms in total. The zero-order chi connectivity index (χ0) is 14.3. The SMILES string of the molecule is CN=C(NCCSC)NC1CCN(CC(F)(F)F)C1.I. The van der Waals surface area contributed by atoms with Gasteiger partial charge >= 0.3 is 6.18 Å². The van der Waals surface area contributed by atoms with Crippen LogP contribution in [0.15, 0.2) is 4.99 Å². The first-order chi connectivity index (χ1) is 8.94. The Morgan fingerprint density at radius 1 is 1.45 bits per heavy atom. The number of thioether (sulfide) groups is 1. The minimum absolute atomic E-state index is 0. The van der Waals surface area contributed by atoms with E-state index in [4.69, 9.17) is 0 Å². The van der Waals surface area contributed by atoms with Crippen molar-refractivity contribution in [2.75, 3.05) is 45.2 Å². The van der Waals surface area contributed by atoms with E-state index in [9.17, 15) is 13.2 Å². The first-order valence-electron chi connectivity index (χ1n) is 6.20. The highest BCUT2D eigenvalue weighted by Crippen LogP contribution is 2.19. The third-order valence-electron chi connectivity index (χ3n) is 2.84. The van der Waals surface area contributed by atoms with Crippen molar-refractivity contribution < 1.29 is 13.2 Å². The van der Waals surface area contributed by atoms with Crippen LogP contribution in [0, 0.1) is 0 Å². The number of nitrogens with zero attached hydrogens (tertiary/aromatic N) is 2. The highest BCUT2D eigenvalue weighted by Gasteiger charge is 2.34. The lowest BCUT2D eigenvalue weighted by Gasteiger charge is -2.19. The van der Waals surface area contributed by atoms with Gasteiger partial charge in [0, 0.05) is 38.5 Å². The van der Waals surface area contributed by atoms with Gasteiger partial charge in [-0.2, -0.15) is 24.9 Å². The number of guanidine groups is 1. The number of nitrogens with one attached hydrogen (secondary N) is 2. The summed E-state index contributed by atoms with van der Waals surface area (Å²) in [7, 11) is 1.66. The van der Waals surface area contributed by atoms with Crippen LogP contribution in [0.25, 0.3) is 0 Å². The molecule has 1 unspecified atom stereocenters. The van der Waals surface area contributed by atoms with Crippen molar-refractivity contribution in [1.29, 1.82) is 0 Å². The molecule has 0 bridgehead atoms. The van der Waals surface area contributed by atoms with E-state index in [1.165, 1.54) is 4.90 Å². The van der Waals surface area contributed by atoms with Gasteiger partial charge in [0.1, 0.15) is 0 Å². The Morgan fingerprint density at radius 2 is 2.15 bits per heavy atom. The predicted molar refractivity (Wildman–Crippen MR) is 89.2 cm³/mol. The van der Waals surface area contributed by atoms with Crippen LogP contribution in [0.5, 0.6) is 0 Å². The van der Waals surface area contributed by atoms with E-state index in [1.54, 1.807) is 18.8 Å². The zero-order valence-electron chi connectivity index (χ0n) is 11.7. The number of hydrogen-bond donors (Lipinski definition) is 2. The Morgan fingerprint density at radius 3 is 2.70 bits per heavy atom. The van der Waals surface area contributed by atoms with Crippen LogP contribution in [0.3, 0.4) is 0 Å². The molecule has 1 atom stereocenters. The van der Waals surface area contributed by atoms with E-state index in [0.717, 1.165) is 12.3 Å². The van der Waals surface area contributed by atoms with E-state index in [1.807, 2.05) is 6.26 Å². The van der Waals surface area contributed by atoms with Crippen LogP contribution in [0.1, 0.15) is 6.42 Å². The lowest BCUT2D eigenvalue weighted by atomic mass is 10.3. The van der Waals surface area contributed by atoms with Crippen molar-refractivity contribution >= 4 is 41.7 Å². The molecule has 0 spiro atoms. The largest absolute Gasteiger partial charge is 0.401 e. The summed E-state index contributed by atoms with van der Waals surface area (Å²) in [6.45, 7) is 0.839. The summed E-state index contributed by atoms with van der Waals surface area (Å²) in [5, 5.41) is 6.30. The van der Waals surface area contributed by atoms with Gasteiger partial charge in [-0.25, -0.2) is 0 Å². The van der Waals surface area contributed by atoms with Crippen LogP contribution in [-0.4, -0.2) is 68.3 Å². The van der Waals surface area contributed by atoms with Crippen molar-refractivity contribution in [3.8, 4) is 0 Å². The molecule has 20 heavy (non-hydrogen) atoms. The third-order valence-corrected chi connectivity index (χ3v) is 3.45. The van der Waals surface area contributed by atoms with Gasteiger partial charge in [0.25, 0.3) is 0 Å².